The van der Waals surface area contributed by atoms with E-state index in [1.807, 2.05) is 30.3 Å². The SMILES string of the molecule is O=C1N(c2ccccc2)CCN1c1cccc([N+](=O)[O-])c1. The normalized spacial score (nSPS) is 14.6. The molecule has 1 aliphatic rings. The van der Waals surface area contributed by atoms with Crippen LogP contribution in [0.25, 0.3) is 0 Å². The number of carbonyl (C=O) groups is 1. The van der Waals surface area contributed by atoms with E-state index in [-0.39, 0.29) is 11.7 Å². The average Bonchev–Trinajstić information content (AvgIpc) is 2.90. The zero-order chi connectivity index (χ0) is 14.8. The second-order valence-electron chi connectivity index (χ2n) is 4.70. The van der Waals surface area contributed by atoms with Crippen molar-refractivity contribution in [2.75, 3.05) is 22.9 Å². The molecule has 1 heterocycles. The van der Waals surface area contributed by atoms with Crippen LogP contribution in [0.15, 0.2) is 54.6 Å². The van der Waals surface area contributed by atoms with Gasteiger partial charge in [-0.3, -0.25) is 19.9 Å². The van der Waals surface area contributed by atoms with Crippen molar-refractivity contribution < 1.29 is 9.72 Å². The lowest BCUT2D eigenvalue weighted by molar-refractivity contribution is -0.384. The molecule has 0 atom stereocenters. The molecular weight excluding hydrogens is 270 g/mol. The van der Waals surface area contributed by atoms with Crippen LogP contribution in [0.4, 0.5) is 21.9 Å². The Bertz CT molecular complexity index is 688. The highest BCUT2D eigenvalue weighted by atomic mass is 16.6. The number of nitro benzene ring substituents is 1. The zero-order valence-corrected chi connectivity index (χ0v) is 11.2. The maximum Gasteiger partial charge on any atom is 0.329 e. The van der Waals surface area contributed by atoms with Crippen molar-refractivity contribution in [3.05, 3.63) is 64.7 Å². The first-order valence-electron chi connectivity index (χ1n) is 6.55. The fourth-order valence-corrected chi connectivity index (χ4v) is 2.40. The van der Waals surface area contributed by atoms with E-state index in [1.165, 1.54) is 12.1 Å². The van der Waals surface area contributed by atoms with Gasteiger partial charge in [-0.1, -0.05) is 24.3 Å². The Hall–Kier alpha value is -2.89. The maximum absolute atomic E-state index is 12.5. The quantitative estimate of drug-likeness (QED) is 0.642. The molecule has 6 heteroatoms. The van der Waals surface area contributed by atoms with Crippen molar-refractivity contribution in [2.45, 2.75) is 0 Å². The molecule has 0 aliphatic carbocycles. The van der Waals surface area contributed by atoms with Crippen LogP contribution in [0.3, 0.4) is 0 Å². The molecule has 0 N–H and O–H groups in total. The monoisotopic (exact) mass is 283 g/mol. The van der Waals surface area contributed by atoms with Crippen LogP contribution in [-0.4, -0.2) is 24.0 Å². The minimum Gasteiger partial charge on any atom is -0.292 e. The predicted molar refractivity (Wildman–Crippen MR) is 79.6 cm³/mol. The second-order valence-corrected chi connectivity index (χ2v) is 4.70. The molecule has 1 aliphatic heterocycles. The molecule has 6 nitrogen and oxygen atoms in total. The van der Waals surface area contributed by atoms with Gasteiger partial charge in [0.1, 0.15) is 0 Å². The number of carbonyl (C=O) groups excluding carboxylic acids is 1. The van der Waals surface area contributed by atoms with Gasteiger partial charge in [-0.2, -0.15) is 0 Å². The number of hydrogen-bond donors (Lipinski definition) is 0. The predicted octanol–water partition coefficient (Wildman–Crippen LogP) is 3.04. The summed E-state index contributed by atoms with van der Waals surface area (Å²) in [5, 5.41) is 10.8. The smallest absolute Gasteiger partial charge is 0.292 e. The summed E-state index contributed by atoms with van der Waals surface area (Å²) in [7, 11) is 0. The summed E-state index contributed by atoms with van der Waals surface area (Å²) in [6.45, 7) is 1.07. The van der Waals surface area contributed by atoms with E-state index in [2.05, 4.69) is 0 Å². The Morgan fingerprint density at radius 3 is 2.19 bits per heavy atom. The summed E-state index contributed by atoms with van der Waals surface area (Å²) in [6.07, 6.45) is 0. The Labute approximate surface area is 121 Å². The van der Waals surface area contributed by atoms with Crippen molar-refractivity contribution in [1.29, 1.82) is 0 Å². The van der Waals surface area contributed by atoms with Crippen LogP contribution in [-0.2, 0) is 0 Å². The molecular formula is C15H13N3O3. The first kappa shape index (κ1) is 13.1. The summed E-state index contributed by atoms with van der Waals surface area (Å²) < 4.78 is 0. The second kappa shape index (κ2) is 5.24. The summed E-state index contributed by atoms with van der Waals surface area (Å²) >= 11 is 0. The minimum atomic E-state index is -0.459. The number of rotatable bonds is 3. The van der Waals surface area contributed by atoms with Gasteiger partial charge in [0.25, 0.3) is 5.69 Å². The Morgan fingerprint density at radius 2 is 1.52 bits per heavy atom. The van der Waals surface area contributed by atoms with Crippen LogP contribution in [0, 0.1) is 10.1 Å². The third kappa shape index (κ3) is 2.43. The third-order valence-electron chi connectivity index (χ3n) is 3.43. The lowest BCUT2D eigenvalue weighted by Gasteiger charge is -2.18. The van der Waals surface area contributed by atoms with Crippen LogP contribution >= 0.6 is 0 Å². The first-order chi connectivity index (χ1) is 10.2. The molecule has 1 fully saturated rings. The van der Waals surface area contributed by atoms with E-state index in [0.29, 0.717) is 18.8 Å². The topological polar surface area (TPSA) is 66.7 Å². The lowest BCUT2D eigenvalue weighted by Crippen LogP contribution is -2.31. The van der Waals surface area contributed by atoms with Gasteiger partial charge in [0, 0.05) is 30.9 Å². The summed E-state index contributed by atoms with van der Waals surface area (Å²) in [4.78, 5) is 26.1. The molecule has 0 unspecified atom stereocenters. The van der Waals surface area contributed by atoms with Crippen LogP contribution in [0.2, 0.25) is 0 Å². The van der Waals surface area contributed by atoms with E-state index in [0.717, 1.165) is 5.69 Å². The maximum atomic E-state index is 12.5. The van der Waals surface area contributed by atoms with Crippen molar-refractivity contribution >= 4 is 23.1 Å². The van der Waals surface area contributed by atoms with E-state index in [4.69, 9.17) is 0 Å². The van der Waals surface area contributed by atoms with Gasteiger partial charge in [0.05, 0.1) is 10.6 Å². The van der Waals surface area contributed by atoms with Crippen molar-refractivity contribution in [2.24, 2.45) is 0 Å². The summed E-state index contributed by atoms with van der Waals surface area (Å²) in [5.74, 6) is 0. The van der Waals surface area contributed by atoms with Gasteiger partial charge in [-0.25, -0.2) is 4.79 Å². The number of nitro groups is 1. The van der Waals surface area contributed by atoms with Crippen LogP contribution in [0.1, 0.15) is 0 Å². The van der Waals surface area contributed by atoms with Crippen LogP contribution in [0.5, 0.6) is 0 Å². The van der Waals surface area contributed by atoms with Gasteiger partial charge in [0.2, 0.25) is 0 Å². The Kier molecular flexibility index (Phi) is 3.27. The molecule has 2 aromatic carbocycles. The van der Waals surface area contributed by atoms with Gasteiger partial charge >= 0.3 is 6.03 Å². The lowest BCUT2D eigenvalue weighted by atomic mass is 10.2. The molecule has 0 saturated carbocycles. The largest absolute Gasteiger partial charge is 0.329 e. The Balaban J connectivity index is 1.87. The number of amides is 2. The fraction of sp³-hybridized carbons (Fsp3) is 0.133. The van der Waals surface area contributed by atoms with E-state index in [1.54, 1.807) is 21.9 Å². The molecule has 2 aromatic rings. The standard InChI is InChI=1S/C15H13N3O3/c19-15-16(12-5-2-1-3-6-12)9-10-17(15)13-7-4-8-14(11-13)18(20)21/h1-8,11H,9-10H2. The van der Waals surface area contributed by atoms with Crippen molar-refractivity contribution in [3.63, 3.8) is 0 Å². The Morgan fingerprint density at radius 1 is 0.905 bits per heavy atom. The van der Waals surface area contributed by atoms with Crippen molar-refractivity contribution in [3.8, 4) is 0 Å². The van der Waals surface area contributed by atoms with Gasteiger partial charge < -0.3 is 0 Å². The number of anilines is 2. The van der Waals surface area contributed by atoms with Gasteiger partial charge in [-0.05, 0) is 18.2 Å². The number of para-hydroxylation sites is 1. The number of nitrogens with zero attached hydrogens (tertiary/aromatic N) is 3. The average molecular weight is 283 g/mol. The molecule has 1 saturated heterocycles. The molecule has 0 spiro atoms. The highest BCUT2D eigenvalue weighted by Gasteiger charge is 2.31. The first-order valence-corrected chi connectivity index (χ1v) is 6.55. The zero-order valence-electron chi connectivity index (χ0n) is 11.2. The van der Waals surface area contributed by atoms with E-state index in [9.17, 15) is 14.9 Å². The highest BCUT2D eigenvalue weighted by Crippen LogP contribution is 2.27. The molecule has 21 heavy (non-hydrogen) atoms. The van der Waals surface area contributed by atoms with E-state index >= 15 is 0 Å². The number of benzene rings is 2. The third-order valence-corrected chi connectivity index (χ3v) is 3.43. The van der Waals surface area contributed by atoms with E-state index < -0.39 is 4.92 Å². The van der Waals surface area contributed by atoms with Gasteiger partial charge in [-0.15, -0.1) is 0 Å². The molecule has 3 rings (SSSR count). The number of non-ortho nitro benzene ring substituents is 1. The van der Waals surface area contributed by atoms with Crippen LogP contribution < -0.4 is 9.80 Å². The van der Waals surface area contributed by atoms with Crippen molar-refractivity contribution in [1.82, 2.24) is 0 Å². The fourth-order valence-electron chi connectivity index (χ4n) is 2.40. The molecule has 106 valence electrons. The van der Waals surface area contributed by atoms with Gasteiger partial charge in [0.15, 0.2) is 0 Å². The summed E-state index contributed by atoms with van der Waals surface area (Å²) in [6, 6.07) is 15.3. The number of urea groups is 1. The number of hydrogen-bond acceptors (Lipinski definition) is 3. The molecule has 0 bridgehead atoms. The molecule has 2 amide bonds. The minimum absolute atomic E-state index is 0.0153. The molecule has 0 radical (unpaired) electrons. The summed E-state index contributed by atoms with van der Waals surface area (Å²) in [5.41, 5.74) is 1.36. The highest BCUT2D eigenvalue weighted by molar-refractivity contribution is 6.06. The molecule has 0 aromatic heterocycles.